The van der Waals surface area contributed by atoms with Gasteiger partial charge in [0.2, 0.25) is 5.89 Å². The summed E-state index contributed by atoms with van der Waals surface area (Å²) in [5.41, 5.74) is 0. The number of hydrogen-bond acceptors (Lipinski definition) is 5. The van der Waals surface area contributed by atoms with Crippen LogP contribution >= 0.6 is 0 Å². The second kappa shape index (κ2) is 6.52. The molecule has 0 unspecified atom stereocenters. The Morgan fingerprint density at radius 2 is 1.75 bits per heavy atom. The molecule has 0 amide bonds. The molecule has 1 aliphatic rings. The van der Waals surface area contributed by atoms with Gasteiger partial charge in [-0.2, -0.15) is 0 Å². The summed E-state index contributed by atoms with van der Waals surface area (Å²) < 4.78 is 11.2. The summed E-state index contributed by atoms with van der Waals surface area (Å²) in [5, 5.41) is 8.11. The van der Waals surface area contributed by atoms with E-state index in [1.807, 2.05) is 30.3 Å². The Bertz CT molecular complexity index is 521. The highest BCUT2D eigenvalue weighted by Crippen LogP contribution is 2.14. The van der Waals surface area contributed by atoms with Crippen LogP contribution in [0.5, 0.6) is 5.75 Å². The maximum absolute atomic E-state index is 5.62. The molecule has 1 saturated heterocycles. The molecule has 5 heteroatoms. The molecule has 1 aliphatic heterocycles. The zero-order valence-electron chi connectivity index (χ0n) is 11.5. The maximum Gasteiger partial charge on any atom is 0.253 e. The van der Waals surface area contributed by atoms with Gasteiger partial charge in [0.25, 0.3) is 5.89 Å². The fourth-order valence-electron chi connectivity index (χ4n) is 2.38. The van der Waals surface area contributed by atoms with Gasteiger partial charge in [-0.25, -0.2) is 0 Å². The van der Waals surface area contributed by atoms with Gasteiger partial charge in [-0.3, -0.25) is 4.90 Å². The van der Waals surface area contributed by atoms with Crippen LogP contribution in [0, 0.1) is 0 Å². The highest BCUT2D eigenvalue weighted by molar-refractivity contribution is 5.20. The van der Waals surface area contributed by atoms with Crippen molar-refractivity contribution < 1.29 is 9.15 Å². The second-order valence-corrected chi connectivity index (χ2v) is 5.03. The van der Waals surface area contributed by atoms with E-state index in [0.29, 0.717) is 18.4 Å². The Balaban J connectivity index is 1.51. The van der Waals surface area contributed by atoms with Crippen molar-refractivity contribution in [3.8, 4) is 5.75 Å². The van der Waals surface area contributed by atoms with Gasteiger partial charge in [0.15, 0.2) is 6.61 Å². The van der Waals surface area contributed by atoms with Crippen LogP contribution in [0.3, 0.4) is 0 Å². The van der Waals surface area contributed by atoms with Gasteiger partial charge in [0, 0.05) is 0 Å². The molecule has 0 saturated carbocycles. The van der Waals surface area contributed by atoms with E-state index in [0.717, 1.165) is 25.4 Å². The highest BCUT2D eigenvalue weighted by atomic mass is 16.5. The van der Waals surface area contributed by atoms with Crippen LogP contribution in [-0.2, 0) is 13.2 Å². The lowest BCUT2D eigenvalue weighted by molar-refractivity contribution is 0.194. The quantitative estimate of drug-likeness (QED) is 0.838. The number of hydrogen-bond donors (Lipinski definition) is 0. The van der Waals surface area contributed by atoms with E-state index in [1.165, 1.54) is 19.3 Å². The number of piperidine rings is 1. The van der Waals surface area contributed by atoms with E-state index in [2.05, 4.69) is 15.1 Å². The lowest BCUT2D eigenvalue weighted by Crippen LogP contribution is -2.29. The van der Waals surface area contributed by atoms with Gasteiger partial charge in [0.1, 0.15) is 5.75 Å². The molecular formula is C15H19N3O2. The zero-order chi connectivity index (χ0) is 13.6. The first-order valence-electron chi connectivity index (χ1n) is 7.11. The van der Waals surface area contributed by atoms with E-state index < -0.39 is 0 Å². The lowest BCUT2D eigenvalue weighted by Gasteiger charge is -2.24. The van der Waals surface area contributed by atoms with Crippen molar-refractivity contribution in [1.82, 2.24) is 15.1 Å². The van der Waals surface area contributed by atoms with Crippen LogP contribution in [0.1, 0.15) is 31.0 Å². The number of likely N-dealkylation sites (tertiary alicyclic amines) is 1. The van der Waals surface area contributed by atoms with Crippen LogP contribution in [0.4, 0.5) is 0 Å². The summed E-state index contributed by atoms with van der Waals surface area (Å²) in [7, 11) is 0. The third-order valence-corrected chi connectivity index (χ3v) is 3.42. The van der Waals surface area contributed by atoms with Crippen molar-refractivity contribution >= 4 is 0 Å². The molecule has 0 spiro atoms. The lowest BCUT2D eigenvalue weighted by atomic mass is 10.1. The van der Waals surface area contributed by atoms with Crippen LogP contribution in [0.25, 0.3) is 0 Å². The van der Waals surface area contributed by atoms with Crippen molar-refractivity contribution in [2.75, 3.05) is 13.1 Å². The molecule has 1 aromatic heterocycles. The van der Waals surface area contributed by atoms with Crippen molar-refractivity contribution in [3.05, 3.63) is 42.1 Å². The number of rotatable bonds is 5. The molecular weight excluding hydrogens is 254 g/mol. The topological polar surface area (TPSA) is 51.4 Å². The van der Waals surface area contributed by atoms with Crippen molar-refractivity contribution in [2.24, 2.45) is 0 Å². The zero-order valence-corrected chi connectivity index (χ0v) is 11.5. The summed E-state index contributed by atoms with van der Waals surface area (Å²) in [5.74, 6) is 2.02. The van der Waals surface area contributed by atoms with Gasteiger partial charge in [-0.15, -0.1) is 10.2 Å². The second-order valence-electron chi connectivity index (χ2n) is 5.03. The van der Waals surface area contributed by atoms with Gasteiger partial charge < -0.3 is 9.15 Å². The number of aromatic nitrogens is 2. The minimum Gasteiger partial charge on any atom is -0.484 e. The van der Waals surface area contributed by atoms with E-state index in [1.54, 1.807) is 0 Å². The fourth-order valence-corrected chi connectivity index (χ4v) is 2.38. The average Bonchev–Trinajstić information content (AvgIpc) is 2.95. The maximum atomic E-state index is 5.62. The van der Waals surface area contributed by atoms with Crippen molar-refractivity contribution in [3.63, 3.8) is 0 Å². The summed E-state index contributed by atoms with van der Waals surface area (Å²) in [6.07, 6.45) is 3.85. The molecule has 0 N–H and O–H groups in total. The first kappa shape index (κ1) is 13.1. The van der Waals surface area contributed by atoms with E-state index in [9.17, 15) is 0 Å². The monoisotopic (exact) mass is 273 g/mol. The normalized spacial score (nSPS) is 16.2. The molecule has 0 bridgehead atoms. The Labute approximate surface area is 118 Å². The number of benzene rings is 1. The largest absolute Gasteiger partial charge is 0.484 e. The first-order chi connectivity index (χ1) is 9.90. The van der Waals surface area contributed by atoms with Crippen LogP contribution < -0.4 is 4.74 Å². The van der Waals surface area contributed by atoms with Crippen molar-refractivity contribution in [2.45, 2.75) is 32.4 Å². The predicted octanol–water partition coefficient (Wildman–Crippen LogP) is 2.63. The predicted molar refractivity (Wildman–Crippen MR) is 74.2 cm³/mol. The molecule has 2 heterocycles. The Hall–Kier alpha value is -1.88. The smallest absolute Gasteiger partial charge is 0.253 e. The minimum absolute atomic E-state index is 0.316. The first-order valence-corrected chi connectivity index (χ1v) is 7.11. The summed E-state index contributed by atoms with van der Waals surface area (Å²) in [4.78, 5) is 2.36. The van der Waals surface area contributed by atoms with Gasteiger partial charge in [-0.05, 0) is 38.1 Å². The molecule has 20 heavy (non-hydrogen) atoms. The number of ether oxygens (including phenoxy) is 1. The van der Waals surface area contributed by atoms with Crippen LogP contribution in [-0.4, -0.2) is 28.2 Å². The third-order valence-electron chi connectivity index (χ3n) is 3.42. The molecule has 5 nitrogen and oxygen atoms in total. The molecule has 0 aliphatic carbocycles. The Morgan fingerprint density at radius 3 is 2.55 bits per heavy atom. The minimum atomic E-state index is 0.316. The van der Waals surface area contributed by atoms with Crippen LogP contribution in [0.2, 0.25) is 0 Å². The molecule has 1 fully saturated rings. The molecule has 2 aromatic rings. The average molecular weight is 273 g/mol. The summed E-state index contributed by atoms with van der Waals surface area (Å²) in [6.45, 7) is 3.31. The van der Waals surface area contributed by atoms with Gasteiger partial charge >= 0.3 is 0 Å². The van der Waals surface area contributed by atoms with Crippen LogP contribution in [0.15, 0.2) is 34.7 Å². The SMILES string of the molecule is c1ccc(OCc2nnc(CN3CCCCC3)o2)cc1. The van der Waals surface area contributed by atoms with Crippen molar-refractivity contribution in [1.29, 1.82) is 0 Å². The molecule has 1 aromatic carbocycles. The van der Waals surface area contributed by atoms with Gasteiger partial charge in [0.05, 0.1) is 6.54 Å². The highest BCUT2D eigenvalue weighted by Gasteiger charge is 2.14. The fraction of sp³-hybridized carbons (Fsp3) is 0.467. The Morgan fingerprint density at radius 1 is 1.00 bits per heavy atom. The standard InChI is InChI=1S/C15H19N3O2/c1-3-7-13(8-4-1)19-12-15-17-16-14(20-15)11-18-9-5-2-6-10-18/h1,3-4,7-8H,2,5-6,9-12H2. The summed E-state index contributed by atoms with van der Waals surface area (Å²) in [6, 6.07) is 9.64. The molecule has 0 radical (unpaired) electrons. The third kappa shape index (κ3) is 3.57. The van der Waals surface area contributed by atoms with E-state index in [4.69, 9.17) is 9.15 Å². The Kier molecular flexibility index (Phi) is 4.28. The van der Waals surface area contributed by atoms with E-state index >= 15 is 0 Å². The molecule has 0 atom stereocenters. The molecule has 106 valence electrons. The van der Waals surface area contributed by atoms with E-state index in [-0.39, 0.29) is 0 Å². The van der Waals surface area contributed by atoms with Gasteiger partial charge in [-0.1, -0.05) is 24.6 Å². The number of para-hydroxylation sites is 1. The molecule has 3 rings (SSSR count). The summed E-state index contributed by atoms with van der Waals surface area (Å²) >= 11 is 0. The number of nitrogens with zero attached hydrogens (tertiary/aromatic N) is 3.